The molecule has 0 bridgehead atoms. The number of benzene rings is 3. The van der Waals surface area contributed by atoms with Gasteiger partial charge in [0.2, 0.25) is 5.95 Å². The molecule has 7 nitrogen and oxygen atoms in total. The average Bonchev–Trinajstić information content (AvgIpc) is 3.22. The molecule has 1 aliphatic heterocycles. The maximum Gasteiger partial charge on any atom is 0.264 e. The minimum Gasteiger partial charge on any atom is -0.347 e. The zero-order valence-corrected chi connectivity index (χ0v) is 17.7. The van der Waals surface area contributed by atoms with Crippen LogP contribution in [0.1, 0.15) is 29.6 Å². The Hall–Kier alpha value is -3.72. The van der Waals surface area contributed by atoms with E-state index in [1.807, 2.05) is 30.3 Å². The standard InChI is InChI=1S/C23H20FN5O2S/c24-18-13-11-17(12-14-18)21-15-20(16-7-3-1-4-8-16)25-23-26-22(27-29(21)23)28-32(30,31)19-9-5-2-6-10-19/h1-14,20-21H,15H2,(H2,25,26,27,28)/t20-,21+/m0/s1. The summed E-state index contributed by atoms with van der Waals surface area (Å²) in [6.45, 7) is 0. The van der Waals surface area contributed by atoms with Crippen LogP contribution in [0.2, 0.25) is 0 Å². The Kier molecular flexibility index (Phi) is 5.10. The summed E-state index contributed by atoms with van der Waals surface area (Å²) in [6, 6.07) is 23.9. The van der Waals surface area contributed by atoms with E-state index < -0.39 is 10.0 Å². The van der Waals surface area contributed by atoms with Gasteiger partial charge in [0.1, 0.15) is 5.82 Å². The first-order valence-electron chi connectivity index (χ1n) is 10.1. The molecule has 0 spiro atoms. The highest BCUT2D eigenvalue weighted by Gasteiger charge is 2.32. The van der Waals surface area contributed by atoms with E-state index in [9.17, 15) is 12.8 Å². The average molecular weight is 450 g/mol. The van der Waals surface area contributed by atoms with E-state index in [1.54, 1.807) is 35.0 Å². The van der Waals surface area contributed by atoms with Crippen molar-refractivity contribution in [2.24, 2.45) is 0 Å². The lowest BCUT2D eigenvalue weighted by Crippen LogP contribution is -2.28. The number of hydrogen-bond acceptors (Lipinski definition) is 5. The molecule has 0 amide bonds. The minimum atomic E-state index is -3.83. The van der Waals surface area contributed by atoms with Crippen molar-refractivity contribution in [1.82, 2.24) is 14.8 Å². The van der Waals surface area contributed by atoms with Gasteiger partial charge in [0.15, 0.2) is 0 Å². The third-order valence-corrected chi connectivity index (χ3v) is 6.77. The Morgan fingerprint density at radius 3 is 2.25 bits per heavy atom. The van der Waals surface area contributed by atoms with E-state index in [2.05, 4.69) is 20.1 Å². The molecule has 0 radical (unpaired) electrons. The summed E-state index contributed by atoms with van der Waals surface area (Å²) < 4.78 is 43.1. The molecule has 3 aromatic carbocycles. The number of sulfonamides is 1. The highest BCUT2D eigenvalue weighted by molar-refractivity contribution is 7.92. The molecule has 162 valence electrons. The highest BCUT2D eigenvalue weighted by atomic mass is 32.2. The first kappa shape index (κ1) is 20.2. The predicted octanol–water partition coefficient (Wildman–Crippen LogP) is 4.36. The zero-order valence-electron chi connectivity index (χ0n) is 16.9. The van der Waals surface area contributed by atoms with E-state index in [0.29, 0.717) is 12.4 Å². The third kappa shape index (κ3) is 3.94. The molecule has 0 unspecified atom stereocenters. The lowest BCUT2D eigenvalue weighted by Gasteiger charge is -2.31. The second kappa shape index (κ2) is 8.08. The Morgan fingerprint density at radius 1 is 0.906 bits per heavy atom. The molecule has 0 aliphatic carbocycles. The van der Waals surface area contributed by atoms with Gasteiger partial charge in [-0.05, 0) is 41.8 Å². The second-order valence-electron chi connectivity index (χ2n) is 7.53. The van der Waals surface area contributed by atoms with Crippen molar-refractivity contribution < 1.29 is 12.8 Å². The van der Waals surface area contributed by atoms with Gasteiger partial charge in [-0.25, -0.2) is 22.2 Å². The fraction of sp³-hybridized carbons (Fsp3) is 0.130. The SMILES string of the molecule is O=S(=O)(Nc1nc2n(n1)[C@@H](c1ccc(F)cc1)C[C@@H](c1ccccc1)N2)c1ccccc1. The molecule has 1 aliphatic rings. The Labute approximate surface area is 185 Å². The number of hydrogen-bond donors (Lipinski definition) is 2. The van der Waals surface area contributed by atoms with Crippen LogP contribution in [0.25, 0.3) is 0 Å². The van der Waals surface area contributed by atoms with Gasteiger partial charge in [-0.1, -0.05) is 60.7 Å². The van der Waals surface area contributed by atoms with Gasteiger partial charge in [-0.15, -0.1) is 5.10 Å². The summed E-state index contributed by atoms with van der Waals surface area (Å²) in [5.41, 5.74) is 1.93. The summed E-state index contributed by atoms with van der Waals surface area (Å²) in [6.07, 6.45) is 0.636. The summed E-state index contributed by atoms with van der Waals surface area (Å²) in [5, 5.41) is 7.78. The largest absolute Gasteiger partial charge is 0.347 e. The molecular formula is C23H20FN5O2S. The van der Waals surface area contributed by atoms with Crippen molar-refractivity contribution in [2.75, 3.05) is 10.0 Å². The highest BCUT2D eigenvalue weighted by Crippen LogP contribution is 2.38. The lowest BCUT2D eigenvalue weighted by molar-refractivity contribution is 0.431. The van der Waals surface area contributed by atoms with Crippen molar-refractivity contribution in [3.8, 4) is 0 Å². The van der Waals surface area contributed by atoms with Gasteiger partial charge in [-0.2, -0.15) is 4.98 Å². The molecule has 4 aromatic rings. The van der Waals surface area contributed by atoms with Crippen molar-refractivity contribution >= 4 is 21.9 Å². The van der Waals surface area contributed by atoms with Crippen LogP contribution in [-0.2, 0) is 10.0 Å². The number of halogens is 1. The van der Waals surface area contributed by atoms with Crippen LogP contribution in [0.15, 0.2) is 89.8 Å². The Balaban J connectivity index is 1.52. The Morgan fingerprint density at radius 2 is 1.56 bits per heavy atom. The van der Waals surface area contributed by atoms with Gasteiger partial charge in [0, 0.05) is 0 Å². The van der Waals surface area contributed by atoms with E-state index in [1.165, 1.54) is 24.3 Å². The summed E-state index contributed by atoms with van der Waals surface area (Å²) in [4.78, 5) is 4.53. The van der Waals surface area contributed by atoms with Crippen LogP contribution in [0, 0.1) is 5.82 Å². The molecule has 32 heavy (non-hydrogen) atoms. The number of fused-ring (bicyclic) bond motifs is 1. The predicted molar refractivity (Wildman–Crippen MR) is 119 cm³/mol. The quantitative estimate of drug-likeness (QED) is 0.473. The van der Waals surface area contributed by atoms with Crippen LogP contribution in [0.3, 0.4) is 0 Å². The maximum atomic E-state index is 13.5. The molecular weight excluding hydrogens is 429 g/mol. The molecule has 9 heteroatoms. The van der Waals surface area contributed by atoms with Gasteiger partial charge in [-0.3, -0.25) is 0 Å². The number of nitrogens with zero attached hydrogens (tertiary/aromatic N) is 3. The van der Waals surface area contributed by atoms with Gasteiger partial charge in [0.05, 0.1) is 17.0 Å². The van der Waals surface area contributed by atoms with Crippen molar-refractivity contribution in [1.29, 1.82) is 0 Å². The summed E-state index contributed by atoms with van der Waals surface area (Å²) >= 11 is 0. The smallest absolute Gasteiger partial charge is 0.264 e. The molecule has 2 N–H and O–H groups in total. The number of nitrogens with one attached hydrogen (secondary N) is 2. The molecule has 0 saturated heterocycles. The van der Waals surface area contributed by atoms with Crippen LogP contribution in [-0.4, -0.2) is 23.2 Å². The molecule has 2 atom stereocenters. The second-order valence-corrected chi connectivity index (χ2v) is 9.22. The van der Waals surface area contributed by atoms with Crippen LogP contribution in [0.4, 0.5) is 16.3 Å². The minimum absolute atomic E-state index is 0.0304. The molecule has 1 aromatic heterocycles. The van der Waals surface area contributed by atoms with Crippen molar-refractivity contribution in [2.45, 2.75) is 23.4 Å². The fourth-order valence-corrected chi connectivity index (χ4v) is 4.83. The van der Waals surface area contributed by atoms with E-state index in [0.717, 1.165) is 11.1 Å². The van der Waals surface area contributed by atoms with Crippen LogP contribution in [0.5, 0.6) is 0 Å². The first-order valence-corrected chi connectivity index (χ1v) is 11.6. The zero-order chi connectivity index (χ0) is 22.1. The van der Waals surface area contributed by atoms with Gasteiger partial charge in [0.25, 0.3) is 16.0 Å². The first-order chi connectivity index (χ1) is 15.5. The topological polar surface area (TPSA) is 88.9 Å². The number of aromatic nitrogens is 3. The fourth-order valence-electron chi connectivity index (χ4n) is 3.87. The van der Waals surface area contributed by atoms with Crippen LogP contribution >= 0.6 is 0 Å². The lowest BCUT2D eigenvalue weighted by atomic mass is 9.93. The van der Waals surface area contributed by atoms with Crippen LogP contribution < -0.4 is 10.0 Å². The van der Waals surface area contributed by atoms with Crippen molar-refractivity contribution in [3.63, 3.8) is 0 Å². The van der Waals surface area contributed by atoms with Gasteiger partial charge >= 0.3 is 0 Å². The molecule has 2 heterocycles. The molecule has 0 fully saturated rings. The Bertz CT molecular complexity index is 1330. The number of anilines is 2. The molecule has 5 rings (SSSR count). The number of rotatable bonds is 5. The van der Waals surface area contributed by atoms with Crippen molar-refractivity contribution in [3.05, 3.63) is 102 Å². The summed E-state index contributed by atoms with van der Waals surface area (Å²) in [7, 11) is -3.83. The summed E-state index contributed by atoms with van der Waals surface area (Å²) in [5.74, 6) is 0.0831. The monoisotopic (exact) mass is 449 g/mol. The maximum absolute atomic E-state index is 13.5. The normalized spacial score (nSPS) is 17.9. The third-order valence-electron chi connectivity index (χ3n) is 5.42. The van der Waals surface area contributed by atoms with Gasteiger partial charge < -0.3 is 5.32 Å². The van der Waals surface area contributed by atoms with E-state index in [-0.39, 0.29) is 28.7 Å². The van der Waals surface area contributed by atoms with E-state index >= 15 is 0 Å². The van der Waals surface area contributed by atoms with E-state index in [4.69, 9.17) is 0 Å². The molecule has 0 saturated carbocycles.